The van der Waals surface area contributed by atoms with E-state index in [2.05, 4.69) is 15.3 Å². The summed E-state index contributed by atoms with van der Waals surface area (Å²) in [6.45, 7) is -0.257. The largest absolute Gasteiger partial charge is 0.394 e. The van der Waals surface area contributed by atoms with Crippen LogP contribution in [0.5, 0.6) is 0 Å². The van der Waals surface area contributed by atoms with Gasteiger partial charge < -0.3 is 20.3 Å². The average Bonchev–Trinajstić information content (AvgIpc) is 3.06. The molecule has 0 saturated carbocycles. The molecular weight excluding hydrogens is 278 g/mol. The van der Waals surface area contributed by atoms with Gasteiger partial charge in [-0.2, -0.15) is 4.98 Å². The number of aliphatic hydroxyl groups is 2. The second kappa shape index (κ2) is 5.10. The number of ether oxygens (including phenoxy) is 1. The van der Waals surface area contributed by atoms with Crippen molar-refractivity contribution in [2.24, 2.45) is 7.05 Å². The molecule has 9 heteroatoms. The Balaban J connectivity index is 2.12. The van der Waals surface area contributed by atoms with Crippen molar-refractivity contribution in [2.45, 2.75) is 24.9 Å². The van der Waals surface area contributed by atoms with Gasteiger partial charge in [0, 0.05) is 20.5 Å². The highest BCUT2D eigenvalue weighted by Crippen LogP contribution is 2.30. The van der Waals surface area contributed by atoms with Gasteiger partial charge in [-0.3, -0.25) is 13.9 Å². The van der Waals surface area contributed by atoms with Gasteiger partial charge in [-0.15, -0.1) is 0 Å². The number of nitrogens with one attached hydrogen (secondary N) is 1. The van der Waals surface area contributed by atoms with Crippen LogP contribution in [-0.2, 0) is 11.8 Å². The fourth-order valence-corrected chi connectivity index (χ4v) is 2.65. The molecule has 0 amide bonds. The number of aliphatic hydroxyl groups excluding tert-OH is 2. The first-order chi connectivity index (χ1) is 10.1. The molecule has 0 bridgehead atoms. The summed E-state index contributed by atoms with van der Waals surface area (Å²) in [4.78, 5) is 19.9. The maximum absolute atomic E-state index is 12.0. The average molecular weight is 295 g/mol. The van der Waals surface area contributed by atoms with Crippen LogP contribution in [-0.4, -0.2) is 55.2 Å². The van der Waals surface area contributed by atoms with Gasteiger partial charge in [-0.25, -0.2) is 4.98 Å². The van der Waals surface area contributed by atoms with Crippen LogP contribution in [0.25, 0.3) is 11.2 Å². The minimum Gasteiger partial charge on any atom is -0.394 e. The Kier molecular flexibility index (Phi) is 3.40. The lowest BCUT2D eigenvalue weighted by molar-refractivity contribution is -0.0433. The molecule has 0 spiro atoms. The number of fused-ring (bicyclic) bond motifs is 1. The van der Waals surface area contributed by atoms with Gasteiger partial charge in [-0.05, 0) is 0 Å². The highest BCUT2D eigenvalue weighted by molar-refractivity contribution is 5.72. The summed E-state index contributed by atoms with van der Waals surface area (Å²) in [5.41, 5.74) is 0.362. The van der Waals surface area contributed by atoms with Gasteiger partial charge in [0.1, 0.15) is 12.3 Å². The normalized spacial score (nSPS) is 25.6. The van der Waals surface area contributed by atoms with Crippen LogP contribution in [0.4, 0.5) is 5.95 Å². The lowest BCUT2D eigenvalue weighted by Gasteiger charge is -2.16. The molecule has 0 aliphatic carbocycles. The monoisotopic (exact) mass is 295 g/mol. The van der Waals surface area contributed by atoms with Crippen molar-refractivity contribution >= 4 is 17.1 Å². The summed E-state index contributed by atoms with van der Waals surface area (Å²) in [6, 6.07) is 0. The molecule has 1 fully saturated rings. The molecule has 114 valence electrons. The van der Waals surface area contributed by atoms with E-state index in [1.54, 1.807) is 23.2 Å². The second-order valence-corrected chi connectivity index (χ2v) is 4.99. The quantitative estimate of drug-likeness (QED) is 0.652. The van der Waals surface area contributed by atoms with E-state index >= 15 is 0 Å². The maximum atomic E-state index is 12.0. The van der Waals surface area contributed by atoms with Crippen molar-refractivity contribution in [3.63, 3.8) is 0 Å². The molecule has 21 heavy (non-hydrogen) atoms. The van der Waals surface area contributed by atoms with Crippen molar-refractivity contribution < 1.29 is 14.9 Å². The lowest BCUT2D eigenvalue weighted by atomic mass is 10.2. The Morgan fingerprint density at radius 3 is 2.95 bits per heavy atom. The molecule has 3 N–H and O–H groups in total. The van der Waals surface area contributed by atoms with E-state index in [0.717, 1.165) is 0 Å². The number of nitrogens with zero attached hydrogens (tertiary/aromatic N) is 4. The first-order valence-corrected chi connectivity index (χ1v) is 6.62. The van der Waals surface area contributed by atoms with E-state index in [9.17, 15) is 9.90 Å². The molecule has 0 radical (unpaired) electrons. The summed E-state index contributed by atoms with van der Waals surface area (Å²) < 4.78 is 8.99. The molecule has 1 aliphatic rings. The van der Waals surface area contributed by atoms with Crippen LogP contribution in [0.1, 0.15) is 12.6 Å². The molecule has 3 atom stereocenters. The molecule has 2 aromatic heterocycles. The topological polar surface area (TPSA) is 114 Å². The fourth-order valence-electron chi connectivity index (χ4n) is 2.65. The standard InChI is InChI=1S/C12H17N5O4/c1-13-12-15-10(20)9-11(16(12)2)17(5-14-9)8-3-6(19)7(4-18)21-8/h5-8,18-19H,3-4H2,1-2H3,(H,13,15,20)/t6-,7+,8+/m0/s1. The van der Waals surface area contributed by atoms with Crippen molar-refractivity contribution in [2.75, 3.05) is 19.0 Å². The van der Waals surface area contributed by atoms with Crippen LogP contribution in [0, 0.1) is 0 Å². The minimum absolute atomic E-state index is 0.238. The van der Waals surface area contributed by atoms with Gasteiger partial charge in [0.2, 0.25) is 5.95 Å². The van der Waals surface area contributed by atoms with Crippen molar-refractivity contribution in [3.05, 3.63) is 16.7 Å². The maximum Gasteiger partial charge on any atom is 0.302 e. The molecule has 2 aromatic rings. The smallest absolute Gasteiger partial charge is 0.302 e. The van der Waals surface area contributed by atoms with Gasteiger partial charge in [0.15, 0.2) is 11.2 Å². The first kappa shape index (κ1) is 14.0. The first-order valence-electron chi connectivity index (χ1n) is 6.62. The molecule has 1 aliphatic heterocycles. The second-order valence-electron chi connectivity index (χ2n) is 4.99. The van der Waals surface area contributed by atoms with Crippen LogP contribution in [0.15, 0.2) is 11.1 Å². The SMILES string of the molecule is CNc1nc(=O)c2ncn([C@H]3C[C@H](O)[C@@H](CO)O3)c2n1C. The van der Waals surface area contributed by atoms with E-state index in [0.29, 0.717) is 18.0 Å². The van der Waals surface area contributed by atoms with Gasteiger partial charge >= 0.3 is 5.56 Å². The van der Waals surface area contributed by atoms with E-state index in [4.69, 9.17) is 9.84 Å². The molecule has 0 unspecified atom stereocenters. The number of hydrogen-bond acceptors (Lipinski definition) is 7. The highest BCUT2D eigenvalue weighted by Gasteiger charge is 2.35. The molecule has 3 heterocycles. The third-order valence-electron chi connectivity index (χ3n) is 3.73. The summed E-state index contributed by atoms with van der Waals surface area (Å²) in [7, 11) is 3.43. The number of aryl methyl sites for hydroxylation is 1. The molecular formula is C12H17N5O4. The Bertz CT molecular complexity index is 724. The van der Waals surface area contributed by atoms with Crippen LogP contribution in [0.3, 0.4) is 0 Å². The number of aromatic nitrogens is 4. The predicted octanol–water partition coefficient (Wildman–Crippen LogP) is -1.19. The summed E-state index contributed by atoms with van der Waals surface area (Å²) >= 11 is 0. The number of rotatable bonds is 3. The Morgan fingerprint density at radius 2 is 2.33 bits per heavy atom. The summed E-state index contributed by atoms with van der Waals surface area (Å²) in [6.07, 6.45) is -0.0538. The van der Waals surface area contributed by atoms with Crippen LogP contribution >= 0.6 is 0 Å². The molecule has 1 saturated heterocycles. The van der Waals surface area contributed by atoms with E-state index in [1.165, 1.54) is 6.33 Å². The number of hydrogen-bond donors (Lipinski definition) is 3. The van der Waals surface area contributed by atoms with Crippen molar-refractivity contribution in [1.82, 2.24) is 19.1 Å². The zero-order valence-electron chi connectivity index (χ0n) is 11.7. The number of anilines is 1. The summed E-state index contributed by atoms with van der Waals surface area (Å²) in [5, 5.41) is 21.8. The summed E-state index contributed by atoms with van der Waals surface area (Å²) in [5.74, 6) is 0.409. The van der Waals surface area contributed by atoms with Gasteiger partial charge in [0.05, 0.1) is 19.0 Å². The Hall–Kier alpha value is -1.97. The Labute approximate surface area is 119 Å². The van der Waals surface area contributed by atoms with Crippen LogP contribution in [0.2, 0.25) is 0 Å². The van der Waals surface area contributed by atoms with E-state index in [-0.39, 0.29) is 12.1 Å². The van der Waals surface area contributed by atoms with Crippen LogP contribution < -0.4 is 10.9 Å². The highest BCUT2D eigenvalue weighted by atomic mass is 16.5. The predicted molar refractivity (Wildman–Crippen MR) is 73.9 cm³/mol. The van der Waals surface area contributed by atoms with Crippen molar-refractivity contribution in [3.8, 4) is 0 Å². The van der Waals surface area contributed by atoms with Crippen molar-refractivity contribution in [1.29, 1.82) is 0 Å². The van der Waals surface area contributed by atoms with E-state index < -0.39 is 24.0 Å². The fraction of sp³-hybridized carbons (Fsp3) is 0.583. The molecule has 3 rings (SSSR count). The van der Waals surface area contributed by atoms with E-state index in [1.807, 2.05) is 0 Å². The number of imidazole rings is 1. The zero-order chi connectivity index (χ0) is 15.1. The van der Waals surface area contributed by atoms with Gasteiger partial charge in [0.25, 0.3) is 0 Å². The zero-order valence-corrected chi connectivity index (χ0v) is 11.7. The third kappa shape index (κ3) is 2.09. The molecule has 9 nitrogen and oxygen atoms in total. The Morgan fingerprint density at radius 1 is 1.57 bits per heavy atom. The lowest BCUT2D eigenvalue weighted by Crippen LogP contribution is -2.24. The third-order valence-corrected chi connectivity index (χ3v) is 3.73. The minimum atomic E-state index is -0.750. The molecule has 0 aromatic carbocycles. The van der Waals surface area contributed by atoms with Gasteiger partial charge in [-0.1, -0.05) is 0 Å².